The number of ketones is 1. The zero-order valence-electron chi connectivity index (χ0n) is 11.9. The molecule has 0 spiro atoms. The predicted octanol–water partition coefficient (Wildman–Crippen LogP) is 3.58. The summed E-state index contributed by atoms with van der Waals surface area (Å²) in [5.74, 6) is 0.998. The second kappa shape index (κ2) is 12.9. The van der Waals surface area contributed by atoms with E-state index in [9.17, 15) is 4.79 Å². The lowest BCUT2D eigenvalue weighted by Gasteiger charge is -1.82. The number of carbonyl (C=O) groups is 1. The first kappa shape index (κ1) is 18.2. The molecule has 0 aliphatic rings. The van der Waals surface area contributed by atoms with Gasteiger partial charge in [-0.25, -0.2) is 0 Å². The second-order valence-corrected chi connectivity index (χ2v) is 4.63. The van der Waals surface area contributed by atoms with Gasteiger partial charge in [0, 0.05) is 6.42 Å². The molecule has 0 aromatic heterocycles. The van der Waals surface area contributed by atoms with Crippen LogP contribution in [0.15, 0.2) is 30.3 Å². The van der Waals surface area contributed by atoms with Crippen molar-refractivity contribution in [1.82, 2.24) is 0 Å². The van der Waals surface area contributed by atoms with Crippen molar-refractivity contribution in [2.45, 2.75) is 41.0 Å². The number of hydrogen-bond acceptors (Lipinski definition) is 2. The summed E-state index contributed by atoms with van der Waals surface area (Å²) in [5.41, 5.74) is 6.33. The molecule has 2 heteroatoms. The Balaban J connectivity index is 0. The number of benzene rings is 1. The molecule has 0 amide bonds. The molecule has 0 aliphatic carbocycles. The molecule has 0 saturated heterocycles. The molecule has 0 fully saturated rings. The van der Waals surface area contributed by atoms with Crippen molar-refractivity contribution in [3.05, 3.63) is 35.9 Å². The van der Waals surface area contributed by atoms with E-state index in [4.69, 9.17) is 5.73 Å². The molecule has 17 heavy (non-hydrogen) atoms. The molecule has 0 bridgehead atoms. The van der Waals surface area contributed by atoms with Gasteiger partial charge in [0.25, 0.3) is 0 Å². The average Bonchev–Trinajstić information content (AvgIpc) is 2.18. The van der Waals surface area contributed by atoms with E-state index in [1.54, 1.807) is 0 Å². The molecule has 98 valence electrons. The molecule has 1 rings (SSSR count). The Morgan fingerprint density at radius 1 is 1.18 bits per heavy atom. The van der Waals surface area contributed by atoms with Crippen molar-refractivity contribution in [1.29, 1.82) is 0 Å². The number of rotatable bonds is 2. The molecule has 0 saturated carbocycles. The van der Waals surface area contributed by atoms with Crippen LogP contribution in [0.25, 0.3) is 0 Å². The number of hydrogen-bond donors (Lipinski definition) is 1. The van der Waals surface area contributed by atoms with Gasteiger partial charge in [-0.1, -0.05) is 56.7 Å². The summed E-state index contributed by atoms with van der Waals surface area (Å²) in [6.45, 7) is 10.6. The predicted molar refractivity (Wildman–Crippen MR) is 76.0 cm³/mol. The van der Waals surface area contributed by atoms with Crippen LogP contribution >= 0.6 is 0 Å². The van der Waals surface area contributed by atoms with Crippen LogP contribution in [-0.2, 0) is 4.79 Å². The Kier molecular flexibility index (Phi) is 13.8. The fourth-order valence-corrected chi connectivity index (χ4v) is 0.738. The monoisotopic (exact) mass is 237 g/mol. The van der Waals surface area contributed by atoms with Crippen LogP contribution in [0.5, 0.6) is 0 Å². The molecule has 0 heterocycles. The second-order valence-electron chi connectivity index (χ2n) is 4.63. The van der Waals surface area contributed by atoms with Crippen LogP contribution in [0.3, 0.4) is 0 Å². The highest BCUT2D eigenvalue weighted by molar-refractivity contribution is 5.75. The summed E-state index contributed by atoms with van der Waals surface area (Å²) in [6.07, 6.45) is 0.514. The van der Waals surface area contributed by atoms with Gasteiger partial charge in [0.05, 0.1) is 0 Å². The normalized spacial score (nSPS) is 8.65. The van der Waals surface area contributed by atoms with Crippen molar-refractivity contribution in [3.63, 3.8) is 0 Å². The lowest BCUT2D eigenvalue weighted by molar-refractivity contribution is -0.116. The first-order valence-corrected chi connectivity index (χ1v) is 6.11. The maximum atomic E-state index is 9.96. The van der Waals surface area contributed by atoms with Gasteiger partial charge in [0.1, 0.15) is 5.78 Å². The van der Waals surface area contributed by atoms with E-state index in [-0.39, 0.29) is 5.78 Å². The topological polar surface area (TPSA) is 43.1 Å². The summed E-state index contributed by atoms with van der Waals surface area (Å²) in [6, 6.07) is 10.3. The molecule has 0 unspecified atom stereocenters. The number of Topliss-reactive ketones (excluding diaryl/α,β-unsaturated/α-hetero) is 1. The first-order chi connectivity index (χ1) is 7.90. The Hall–Kier alpha value is -1.15. The van der Waals surface area contributed by atoms with Crippen molar-refractivity contribution in [2.24, 2.45) is 11.7 Å². The molecule has 1 aromatic rings. The Morgan fingerprint density at radius 3 is 1.71 bits per heavy atom. The fraction of sp³-hybridized carbons (Fsp3) is 0.533. The first-order valence-electron chi connectivity index (χ1n) is 6.11. The highest BCUT2D eigenvalue weighted by Crippen LogP contribution is 1.92. The summed E-state index contributed by atoms with van der Waals surface area (Å²) >= 11 is 0. The maximum Gasteiger partial charge on any atom is 0.131 e. The van der Waals surface area contributed by atoms with Gasteiger partial charge >= 0.3 is 0 Å². The minimum Gasteiger partial charge on any atom is -0.330 e. The highest BCUT2D eigenvalue weighted by atomic mass is 16.1. The zero-order chi connectivity index (χ0) is 13.7. The summed E-state index contributed by atoms with van der Waals surface area (Å²) in [7, 11) is 0. The molecular formula is C15H27NO. The van der Waals surface area contributed by atoms with Gasteiger partial charge in [-0.3, -0.25) is 4.79 Å². The summed E-state index contributed by atoms with van der Waals surface area (Å²) in [5, 5.41) is 0. The third-order valence-electron chi connectivity index (χ3n) is 1.44. The average molecular weight is 237 g/mol. The van der Waals surface area contributed by atoms with Crippen molar-refractivity contribution < 1.29 is 4.79 Å². The van der Waals surface area contributed by atoms with E-state index in [0.717, 1.165) is 5.92 Å². The van der Waals surface area contributed by atoms with Crippen LogP contribution in [-0.4, -0.2) is 12.3 Å². The summed E-state index contributed by atoms with van der Waals surface area (Å²) in [4.78, 5) is 9.96. The minimum atomic E-state index is 0.164. The van der Waals surface area contributed by atoms with Gasteiger partial charge in [-0.2, -0.15) is 0 Å². The van der Waals surface area contributed by atoms with E-state index < -0.39 is 0 Å². The van der Waals surface area contributed by atoms with Crippen LogP contribution < -0.4 is 5.73 Å². The molecule has 2 nitrogen and oxygen atoms in total. The summed E-state index contributed by atoms with van der Waals surface area (Å²) < 4.78 is 0. The smallest absolute Gasteiger partial charge is 0.131 e. The van der Waals surface area contributed by atoms with E-state index >= 15 is 0 Å². The molecule has 0 aliphatic heterocycles. The fourth-order valence-electron chi connectivity index (χ4n) is 0.738. The zero-order valence-corrected chi connectivity index (χ0v) is 11.9. The highest BCUT2D eigenvalue weighted by Gasteiger charge is 1.83. The number of carbonyl (C=O) groups excluding carboxylic acids is 1. The van der Waals surface area contributed by atoms with E-state index in [1.165, 1.54) is 12.5 Å². The molecule has 2 N–H and O–H groups in total. The third kappa shape index (κ3) is 25.3. The van der Waals surface area contributed by atoms with E-state index in [0.29, 0.717) is 13.0 Å². The van der Waals surface area contributed by atoms with Crippen LogP contribution in [0.4, 0.5) is 0 Å². The van der Waals surface area contributed by atoms with E-state index in [1.807, 2.05) is 18.2 Å². The van der Waals surface area contributed by atoms with Gasteiger partial charge in [0.15, 0.2) is 0 Å². The van der Waals surface area contributed by atoms with Crippen molar-refractivity contribution >= 4 is 5.78 Å². The van der Waals surface area contributed by atoms with Crippen LogP contribution in [0, 0.1) is 12.8 Å². The number of aryl methyl sites for hydroxylation is 1. The molecule has 1 aromatic carbocycles. The molecule has 0 atom stereocenters. The number of nitrogens with two attached hydrogens (primary N) is 1. The van der Waals surface area contributed by atoms with Gasteiger partial charge in [-0.15, -0.1) is 0 Å². The van der Waals surface area contributed by atoms with Crippen LogP contribution in [0.2, 0.25) is 0 Å². The maximum absolute atomic E-state index is 9.96. The lowest BCUT2D eigenvalue weighted by atomic mass is 10.2. The molecular weight excluding hydrogens is 210 g/mol. The van der Waals surface area contributed by atoms with Gasteiger partial charge in [0.2, 0.25) is 0 Å². The third-order valence-corrected chi connectivity index (χ3v) is 1.44. The standard InChI is InChI=1S/C7H8.C4H9NO.C4H10/c1-7-5-3-2-4-6-7;1-4(6)2-3-5;1-4(2)3/h2-6H,1H3;2-3,5H2,1H3;4H,1-3H3. The Morgan fingerprint density at radius 2 is 1.59 bits per heavy atom. The largest absolute Gasteiger partial charge is 0.330 e. The van der Waals surface area contributed by atoms with E-state index in [2.05, 4.69) is 39.8 Å². The Labute approximate surface area is 106 Å². The minimum absolute atomic E-state index is 0.164. The lowest BCUT2D eigenvalue weighted by Crippen LogP contribution is -2.03. The van der Waals surface area contributed by atoms with Crippen molar-refractivity contribution in [2.75, 3.05) is 6.54 Å². The van der Waals surface area contributed by atoms with Crippen LogP contribution in [0.1, 0.15) is 39.7 Å². The quantitative estimate of drug-likeness (QED) is 0.854. The Bertz CT molecular complexity index is 265. The van der Waals surface area contributed by atoms with Gasteiger partial charge in [-0.05, 0) is 26.3 Å². The molecule has 0 radical (unpaired) electrons. The van der Waals surface area contributed by atoms with Crippen molar-refractivity contribution in [3.8, 4) is 0 Å². The van der Waals surface area contributed by atoms with Gasteiger partial charge < -0.3 is 5.73 Å². The SMILES string of the molecule is CC(=O)CCN.CC(C)C.Cc1ccccc1.